The second-order valence-corrected chi connectivity index (χ2v) is 6.68. The van der Waals surface area contributed by atoms with E-state index in [1.807, 2.05) is 19.9 Å². The summed E-state index contributed by atoms with van der Waals surface area (Å²) in [4.78, 5) is 24.5. The minimum absolute atomic E-state index is 0.297. The molecule has 1 unspecified atom stereocenters. The fourth-order valence-corrected chi connectivity index (χ4v) is 3.21. The van der Waals surface area contributed by atoms with Gasteiger partial charge < -0.3 is 15.6 Å². The lowest BCUT2D eigenvalue weighted by atomic mass is 10.1. The first kappa shape index (κ1) is 16.6. The van der Waals surface area contributed by atoms with E-state index in [4.69, 9.17) is 17.3 Å². The number of nitrogens with one attached hydrogen (secondary N) is 1. The predicted octanol–water partition coefficient (Wildman–Crippen LogP) is 3.05. The van der Waals surface area contributed by atoms with Crippen molar-refractivity contribution >= 4 is 23.4 Å². The standard InChI is InChI=1S/C18H20ClN3O2/c1-10-9-15(11(2)22(10)14-7-8-14)18(24)21-16(17(20)23)12-3-5-13(19)6-4-12/h3-6,9,14,16H,7-8H2,1-2H3,(H2,20,23)(H,21,24). The van der Waals surface area contributed by atoms with Crippen LogP contribution >= 0.6 is 11.6 Å². The highest BCUT2D eigenvalue weighted by molar-refractivity contribution is 6.30. The van der Waals surface area contributed by atoms with Crippen LogP contribution in [-0.4, -0.2) is 16.4 Å². The summed E-state index contributed by atoms with van der Waals surface area (Å²) in [7, 11) is 0. The molecule has 0 radical (unpaired) electrons. The van der Waals surface area contributed by atoms with Crippen LogP contribution in [0.2, 0.25) is 5.02 Å². The molecule has 0 bridgehead atoms. The van der Waals surface area contributed by atoms with Crippen LogP contribution in [0.5, 0.6) is 0 Å². The monoisotopic (exact) mass is 345 g/mol. The van der Waals surface area contributed by atoms with Crippen LogP contribution < -0.4 is 11.1 Å². The zero-order chi connectivity index (χ0) is 17.4. The molecule has 2 amide bonds. The molecule has 3 rings (SSSR count). The van der Waals surface area contributed by atoms with E-state index < -0.39 is 11.9 Å². The SMILES string of the molecule is Cc1cc(C(=O)NC(C(N)=O)c2ccc(Cl)cc2)c(C)n1C1CC1. The van der Waals surface area contributed by atoms with Gasteiger partial charge in [-0.05, 0) is 50.5 Å². The summed E-state index contributed by atoms with van der Waals surface area (Å²) >= 11 is 5.87. The molecule has 0 spiro atoms. The van der Waals surface area contributed by atoms with Crippen molar-refractivity contribution in [1.82, 2.24) is 9.88 Å². The smallest absolute Gasteiger partial charge is 0.254 e. The summed E-state index contributed by atoms with van der Waals surface area (Å²) in [6.45, 7) is 3.93. The molecule has 1 aromatic carbocycles. The molecular weight excluding hydrogens is 326 g/mol. The molecule has 1 heterocycles. The average Bonchev–Trinajstić information content (AvgIpc) is 3.31. The highest BCUT2D eigenvalue weighted by Gasteiger charge is 2.29. The summed E-state index contributed by atoms with van der Waals surface area (Å²) in [6, 6.07) is 8.17. The minimum Gasteiger partial charge on any atom is -0.368 e. The highest BCUT2D eigenvalue weighted by atomic mass is 35.5. The maximum atomic E-state index is 12.7. The van der Waals surface area contributed by atoms with Crippen LogP contribution in [0.15, 0.2) is 30.3 Å². The Hall–Kier alpha value is -2.27. The first-order valence-corrected chi connectivity index (χ1v) is 8.30. The van der Waals surface area contributed by atoms with Crippen LogP contribution in [0.3, 0.4) is 0 Å². The summed E-state index contributed by atoms with van der Waals surface area (Å²) in [5, 5.41) is 3.30. The van der Waals surface area contributed by atoms with Crippen LogP contribution in [0.4, 0.5) is 0 Å². The average molecular weight is 346 g/mol. The van der Waals surface area contributed by atoms with Gasteiger partial charge in [-0.1, -0.05) is 23.7 Å². The topological polar surface area (TPSA) is 77.1 Å². The number of carbonyl (C=O) groups excluding carboxylic acids is 2. The number of nitrogens with zero attached hydrogens (tertiary/aromatic N) is 1. The lowest BCUT2D eigenvalue weighted by Crippen LogP contribution is -2.37. The summed E-state index contributed by atoms with van der Waals surface area (Å²) in [5.74, 6) is -0.907. The lowest BCUT2D eigenvalue weighted by Gasteiger charge is -2.16. The second-order valence-electron chi connectivity index (χ2n) is 6.25. The summed E-state index contributed by atoms with van der Waals surface area (Å²) in [6.07, 6.45) is 2.29. The molecule has 2 aromatic rings. The van der Waals surface area contributed by atoms with Gasteiger partial charge in [-0.25, -0.2) is 0 Å². The molecule has 126 valence electrons. The molecule has 1 atom stereocenters. The van der Waals surface area contributed by atoms with Gasteiger partial charge in [0.1, 0.15) is 6.04 Å². The van der Waals surface area contributed by atoms with E-state index in [1.165, 1.54) is 0 Å². The Morgan fingerprint density at radius 2 is 1.88 bits per heavy atom. The largest absolute Gasteiger partial charge is 0.368 e. The van der Waals surface area contributed by atoms with Gasteiger partial charge in [0.2, 0.25) is 5.91 Å². The molecule has 0 saturated heterocycles. The molecule has 1 aromatic heterocycles. The summed E-state index contributed by atoms with van der Waals surface area (Å²) in [5.41, 5.74) is 8.64. The van der Waals surface area contributed by atoms with Crippen LogP contribution in [0.1, 0.15) is 52.2 Å². The fraction of sp³-hybridized carbons (Fsp3) is 0.333. The maximum Gasteiger partial charge on any atom is 0.254 e. The maximum absolute atomic E-state index is 12.7. The number of halogens is 1. The zero-order valence-electron chi connectivity index (χ0n) is 13.7. The van der Waals surface area contributed by atoms with Crippen molar-refractivity contribution in [2.45, 2.75) is 38.8 Å². The van der Waals surface area contributed by atoms with Crippen LogP contribution in [0, 0.1) is 13.8 Å². The quantitative estimate of drug-likeness (QED) is 0.873. The number of primary amides is 1. The van der Waals surface area contributed by atoms with Gasteiger partial charge in [-0.2, -0.15) is 0 Å². The Morgan fingerprint density at radius 3 is 2.42 bits per heavy atom. The third-order valence-corrected chi connectivity index (χ3v) is 4.66. The third kappa shape index (κ3) is 3.17. The first-order chi connectivity index (χ1) is 11.4. The van der Waals surface area contributed by atoms with Gasteiger partial charge in [-0.15, -0.1) is 0 Å². The Labute approximate surface area is 145 Å². The number of rotatable bonds is 5. The number of carbonyl (C=O) groups is 2. The number of amides is 2. The normalized spacial score (nSPS) is 15.1. The molecule has 3 N–H and O–H groups in total. The number of nitrogens with two attached hydrogens (primary N) is 1. The van der Waals surface area contributed by atoms with Crippen LogP contribution in [-0.2, 0) is 4.79 Å². The number of aryl methyl sites for hydroxylation is 1. The summed E-state index contributed by atoms with van der Waals surface area (Å²) < 4.78 is 2.19. The molecule has 5 nitrogen and oxygen atoms in total. The van der Waals surface area contributed by atoms with E-state index >= 15 is 0 Å². The Balaban J connectivity index is 1.85. The van der Waals surface area contributed by atoms with Crippen molar-refractivity contribution in [1.29, 1.82) is 0 Å². The molecule has 24 heavy (non-hydrogen) atoms. The van der Waals surface area contributed by atoms with Crippen molar-refractivity contribution in [2.75, 3.05) is 0 Å². The lowest BCUT2D eigenvalue weighted by molar-refractivity contribution is -0.120. The predicted molar refractivity (Wildman–Crippen MR) is 93.0 cm³/mol. The minimum atomic E-state index is -0.890. The molecule has 1 saturated carbocycles. The van der Waals surface area contributed by atoms with E-state index in [-0.39, 0.29) is 5.91 Å². The van der Waals surface area contributed by atoms with E-state index in [0.717, 1.165) is 24.2 Å². The van der Waals surface area contributed by atoms with Crippen LogP contribution in [0.25, 0.3) is 0 Å². The van der Waals surface area contributed by atoms with Crippen molar-refractivity contribution in [3.8, 4) is 0 Å². The number of benzene rings is 1. The van der Waals surface area contributed by atoms with Gasteiger partial charge in [-0.3, -0.25) is 9.59 Å². The number of hydrogen-bond acceptors (Lipinski definition) is 2. The molecule has 6 heteroatoms. The number of hydrogen-bond donors (Lipinski definition) is 2. The molecule has 1 fully saturated rings. The zero-order valence-corrected chi connectivity index (χ0v) is 14.4. The highest BCUT2D eigenvalue weighted by Crippen LogP contribution is 2.38. The molecule has 1 aliphatic rings. The van der Waals surface area contributed by atoms with Gasteiger partial charge in [0.15, 0.2) is 0 Å². The first-order valence-electron chi connectivity index (χ1n) is 7.92. The van der Waals surface area contributed by atoms with Gasteiger partial charge in [0.05, 0.1) is 5.56 Å². The third-order valence-electron chi connectivity index (χ3n) is 4.40. The van der Waals surface area contributed by atoms with Crippen molar-refractivity contribution in [3.05, 3.63) is 57.9 Å². The van der Waals surface area contributed by atoms with E-state index in [9.17, 15) is 9.59 Å². The van der Waals surface area contributed by atoms with Gasteiger partial charge in [0, 0.05) is 22.5 Å². The Kier molecular flexibility index (Phi) is 4.37. The van der Waals surface area contributed by atoms with E-state index in [0.29, 0.717) is 22.2 Å². The van der Waals surface area contributed by atoms with Gasteiger partial charge >= 0.3 is 0 Å². The van der Waals surface area contributed by atoms with E-state index in [1.54, 1.807) is 24.3 Å². The number of aromatic nitrogens is 1. The molecule has 0 aliphatic heterocycles. The van der Waals surface area contributed by atoms with Crippen molar-refractivity contribution in [3.63, 3.8) is 0 Å². The Morgan fingerprint density at radius 1 is 1.25 bits per heavy atom. The second kappa shape index (κ2) is 6.32. The van der Waals surface area contributed by atoms with Gasteiger partial charge in [0.25, 0.3) is 5.91 Å². The molecule has 1 aliphatic carbocycles. The van der Waals surface area contributed by atoms with Crippen molar-refractivity contribution < 1.29 is 9.59 Å². The van der Waals surface area contributed by atoms with Crippen molar-refractivity contribution in [2.24, 2.45) is 5.73 Å². The van der Waals surface area contributed by atoms with E-state index in [2.05, 4.69) is 9.88 Å². The molecular formula is C18H20ClN3O2. The fourth-order valence-electron chi connectivity index (χ4n) is 3.08. The Bertz CT molecular complexity index is 791.